The smallest absolute Gasteiger partial charge is 0.322 e. The lowest BCUT2D eigenvalue weighted by Crippen LogP contribution is -2.34. The second kappa shape index (κ2) is 7.82. The molecule has 6 nitrogen and oxygen atoms in total. The van der Waals surface area contributed by atoms with Gasteiger partial charge in [-0.2, -0.15) is 4.98 Å². The van der Waals surface area contributed by atoms with Crippen molar-refractivity contribution in [2.45, 2.75) is 27.3 Å². The Bertz CT molecular complexity index is 870. The number of aromatic nitrogens is 2. The minimum Gasteiger partial charge on any atom is -0.337 e. The van der Waals surface area contributed by atoms with Gasteiger partial charge in [-0.05, 0) is 32.9 Å². The molecule has 0 unspecified atom stereocenters. The maximum absolute atomic E-state index is 12.5. The zero-order valence-electron chi connectivity index (χ0n) is 15.2. The van der Waals surface area contributed by atoms with Gasteiger partial charge in [0.1, 0.15) is 6.54 Å². The van der Waals surface area contributed by atoms with E-state index < -0.39 is 0 Å². The first-order valence-electron chi connectivity index (χ1n) is 8.57. The van der Waals surface area contributed by atoms with Crippen molar-refractivity contribution < 1.29 is 9.32 Å². The summed E-state index contributed by atoms with van der Waals surface area (Å²) in [6.45, 7) is 6.72. The van der Waals surface area contributed by atoms with Gasteiger partial charge in [0.2, 0.25) is 11.7 Å². The zero-order chi connectivity index (χ0) is 18.5. The molecular formula is C20H22N4O2. The monoisotopic (exact) mass is 350 g/mol. The van der Waals surface area contributed by atoms with Crippen LogP contribution < -0.4 is 5.32 Å². The summed E-state index contributed by atoms with van der Waals surface area (Å²) in [5.74, 6) is 0.927. The molecule has 26 heavy (non-hydrogen) atoms. The predicted octanol–water partition coefficient (Wildman–Crippen LogP) is 4.41. The van der Waals surface area contributed by atoms with Crippen molar-refractivity contribution in [2.75, 3.05) is 11.9 Å². The average Bonchev–Trinajstić information content (AvgIpc) is 3.11. The van der Waals surface area contributed by atoms with Crippen LogP contribution in [-0.2, 0) is 6.54 Å². The van der Waals surface area contributed by atoms with Gasteiger partial charge >= 0.3 is 6.03 Å². The Morgan fingerprint density at radius 3 is 2.27 bits per heavy atom. The van der Waals surface area contributed by atoms with E-state index in [0.29, 0.717) is 18.3 Å². The molecule has 0 aliphatic rings. The molecule has 3 aromatic rings. The number of rotatable bonds is 5. The largest absolute Gasteiger partial charge is 0.337 e. The van der Waals surface area contributed by atoms with Crippen LogP contribution in [0.5, 0.6) is 0 Å². The highest BCUT2D eigenvalue weighted by Gasteiger charge is 2.17. The topological polar surface area (TPSA) is 71.3 Å². The average molecular weight is 350 g/mol. The number of hydrogen-bond donors (Lipinski definition) is 1. The SMILES string of the molecule is CCN(Cc1nc(-c2ccc(C)cc2)no1)C(=O)Nc1ccc(C)cc1. The molecule has 0 aliphatic heterocycles. The quantitative estimate of drug-likeness (QED) is 0.740. The molecule has 3 rings (SSSR count). The maximum atomic E-state index is 12.5. The number of amides is 2. The Morgan fingerprint density at radius 2 is 1.65 bits per heavy atom. The molecule has 2 amide bonds. The molecule has 1 N–H and O–H groups in total. The van der Waals surface area contributed by atoms with Crippen LogP contribution >= 0.6 is 0 Å². The number of aryl methyl sites for hydroxylation is 2. The van der Waals surface area contributed by atoms with Crippen molar-refractivity contribution in [1.29, 1.82) is 0 Å². The summed E-state index contributed by atoms with van der Waals surface area (Å²) < 4.78 is 5.31. The first-order chi connectivity index (χ1) is 12.5. The van der Waals surface area contributed by atoms with Crippen LogP contribution in [0.4, 0.5) is 10.5 Å². The van der Waals surface area contributed by atoms with E-state index in [4.69, 9.17) is 4.52 Å². The van der Waals surface area contributed by atoms with Gasteiger partial charge < -0.3 is 14.7 Å². The normalized spacial score (nSPS) is 10.6. The van der Waals surface area contributed by atoms with Gasteiger partial charge in [0.25, 0.3) is 0 Å². The lowest BCUT2D eigenvalue weighted by Gasteiger charge is -2.19. The van der Waals surface area contributed by atoms with Crippen LogP contribution in [0.2, 0.25) is 0 Å². The van der Waals surface area contributed by atoms with Crippen molar-refractivity contribution >= 4 is 11.7 Å². The number of urea groups is 1. The Hall–Kier alpha value is -3.15. The van der Waals surface area contributed by atoms with Crippen LogP contribution in [0.3, 0.4) is 0 Å². The van der Waals surface area contributed by atoms with Crippen LogP contribution in [-0.4, -0.2) is 27.6 Å². The third-order valence-electron chi connectivity index (χ3n) is 4.08. The van der Waals surface area contributed by atoms with E-state index in [2.05, 4.69) is 15.5 Å². The minimum absolute atomic E-state index is 0.202. The Morgan fingerprint density at radius 1 is 1.04 bits per heavy atom. The van der Waals surface area contributed by atoms with Crippen molar-refractivity contribution in [3.63, 3.8) is 0 Å². The van der Waals surface area contributed by atoms with E-state index in [-0.39, 0.29) is 12.6 Å². The molecule has 1 heterocycles. The molecule has 0 saturated heterocycles. The van der Waals surface area contributed by atoms with Gasteiger partial charge in [-0.15, -0.1) is 0 Å². The summed E-state index contributed by atoms with van der Waals surface area (Å²) in [5, 5.41) is 6.89. The predicted molar refractivity (Wildman–Crippen MR) is 101 cm³/mol. The fraction of sp³-hybridized carbons (Fsp3) is 0.250. The second-order valence-corrected chi connectivity index (χ2v) is 6.19. The molecule has 0 saturated carbocycles. The standard InChI is InChI=1S/C20H22N4O2/c1-4-24(20(25)21-17-11-7-15(3)8-12-17)13-18-22-19(23-26-18)16-9-5-14(2)6-10-16/h5-12H,4,13H2,1-3H3,(H,21,25). The van der Waals surface area contributed by atoms with Crippen molar-refractivity contribution in [3.8, 4) is 11.4 Å². The molecule has 134 valence electrons. The van der Waals surface area contributed by atoms with E-state index in [0.717, 1.165) is 16.8 Å². The summed E-state index contributed by atoms with van der Waals surface area (Å²) in [6.07, 6.45) is 0. The summed E-state index contributed by atoms with van der Waals surface area (Å²) in [4.78, 5) is 18.5. The van der Waals surface area contributed by atoms with Crippen LogP contribution in [0.1, 0.15) is 23.9 Å². The third-order valence-corrected chi connectivity index (χ3v) is 4.08. The fourth-order valence-corrected chi connectivity index (χ4v) is 2.47. The summed E-state index contributed by atoms with van der Waals surface area (Å²) in [7, 11) is 0. The molecule has 0 spiro atoms. The molecule has 0 fully saturated rings. The van der Waals surface area contributed by atoms with Crippen molar-refractivity contribution in [2.24, 2.45) is 0 Å². The molecule has 2 aromatic carbocycles. The van der Waals surface area contributed by atoms with Gasteiger partial charge in [0, 0.05) is 17.8 Å². The number of hydrogen-bond acceptors (Lipinski definition) is 4. The van der Waals surface area contributed by atoms with E-state index >= 15 is 0 Å². The van der Waals surface area contributed by atoms with Crippen LogP contribution in [0.25, 0.3) is 11.4 Å². The molecule has 0 radical (unpaired) electrons. The van der Waals surface area contributed by atoms with E-state index in [1.54, 1.807) is 4.90 Å². The Kier molecular flexibility index (Phi) is 5.31. The van der Waals surface area contributed by atoms with E-state index in [1.165, 1.54) is 5.56 Å². The minimum atomic E-state index is -0.202. The summed E-state index contributed by atoms with van der Waals surface area (Å²) >= 11 is 0. The van der Waals surface area contributed by atoms with Crippen molar-refractivity contribution in [1.82, 2.24) is 15.0 Å². The maximum Gasteiger partial charge on any atom is 0.322 e. The number of carbonyl (C=O) groups is 1. The third kappa shape index (κ3) is 4.27. The first-order valence-corrected chi connectivity index (χ1v) is 8.57. The summed E-state index contributed by atoms with van der Waals surface area (Å²) in [6, 6.07) is 15.4. The highest BCUT2D eigenvalue weighted by Crippen LogP contribution is 2.17. The highest BCUT2D eigenvalue weighted by molar-refractivity contribution is 5.89. The molecule has 0 bridgehead atoms. The Labute approximate surface area is 152 Å². The van der Waals surface area contributed by atoms with Crippen LogP contribution in [0.15, 0.2) is 53.1 Å². The molecule has 1 aromatic heterocycles. The number of nitrogens with zero attached hydrogens (tertiary/aromatic N) is 3. The number of nitrogens with one attached hydrogen (secondary N) is 1. The second-order valence-electron chi connectivity index (χ2n) is 6.19. The van der Waals surface area contributed by atoms with E-state index in [1.807, 2.05) is 69.3 Å². The van der Waals surface area contributed by atoms with Crippen LogP contribution in [0, 0.1) is 13.8 Å². The lowest BCUT2D eigenvalue weighted by molar-refractivity contribution is 0.203. The van der Waals surface area contributed by atoms with Gasteiger partial charge in [-0.3, -0.25) is 0 Å². The molecule has 6 heteroatoms. The molecule has 0 aliphatic carbocycles. The number of carbonyl (C=O) groups excluding carboxylic acids is 1. The first kappa shape index (κ1) is 17.7. The van der Waals surface area contributed by atoms with Crippen molar-refractivity contribution in [3.05, 3.63) is 65.5 Å². The van der Waals surface area contributed by atoms with Gasteiger partial charge in [-0.1, -0.05) is 52.7 Å². The van der Waals surface area contributed by atoms with Gasteiger partial charge in [0.15, 0.2) is 0 Å². The Balaban J connectivity index is 1.67. The van der Waals surface area contributed by atoms with E-state index in [9.17, 15) is 4.79 Å². The van der Waals surface area contributed by atoms with Gasteiger partial charge in [-0.25, -0.2) is 4.79 Å². The summed E-state index contributed by atoms with van der Waals surface area (Å²) in [5.41, 5.74) is 3.95. The lowest BCUT2D eigenvalue weighted by atomic mass is 10.1. The molecule has 0 atom stereocenters. The number of benzene rings is 2. The molecular weight excluding hydrogens is 328 g/mol. The fourth-order valence-electron chi connectivity index (χ4n) is 2.47. The van der Waals surface area contributed by atoms with Gasteiger partial charge in [0.05, 0.1) is 0 Å². The number of anilines is 1. The highest BCUT2D eigenvalue weighted by atomic mass is 16.5. The zero-order valence-corrected chi connectivity index (χ0v) is 15.2.